The summed E-state index contributed by atoms with van der Waals surface area (Å²) in [5.74, 6) is 0.532. The molecule has 1 aliphatic carbocycles. The van der Waals surface area contributed by atoms with Crippen LogP contribution in [0.15, 0.2) is 53.1 Å². The van der Waals surface area contributed by atoms with Gasteiger partial charge in [0.15, 0.2) is 5.76 Å². The first kappa shape index (κ1) is 22.6. The number of fused-ring (bicyclic) bond motifs is 1. The summed E-state index contributed by atoms with van der Waals surface area (Å²) in [5, 5.41) is 8.10. The van der Waals surface area contributed by atoms with Crippen LogP contribution in [0.2, 0.25) is 5.02 Å². The molecule has 0 saturated heterocycles. The Balaban J connectivity index is 1.64. The van der Waals surface area contributed by atoms with Gasteiger partial charge in [0.05, 0.1) is 12.3 Å². The van der Waals surface area contributed by atoms with E-state index >= 15 is 0 Å². The van der Waals surface area contributed by atoms with Crippen molar-refractivity contribution in [1.82, 2.24) is 9.97 Å². The number of nitrogens with zero attached hydrogens (tertiary/aromatic N) is 2. The van der Waals surface area contributed by atoms with Crippen molar-refractivity contribution in [3.63, 3.8) is 0 Å². The molecule has 4 aromatic rings. The maximum atomic E-state index is 12.9. The molecule has 1 amide bonds. The number of thiophene rings is 1. The summed E-state index contributed by atoms with van der Waals surface area (Å²) in [7, 11) is 0. The molecule has 0 saturated carbocycles. The van der Waals surface area contributed by atoms with Crippen molar-refractivity contribution in [3.8, 4) is 0 Å². The molecule has 174 valence electrons. The molecule has 0 aliphatic heterocycles. The molecule has 0 unspecified atom stereocenters. The highest BCUT2D eigenvalue weighted by Gasteiger charge is 2.30. The van der Waals surface area contributed by atoms with Crippen LogP contribution in [0, 0.1) is 13.8 Å². The largest absolute Gasteiger partial charge is 0.459 e. The molecule has 3 aromatic heterocycles. The van der Waals surface area contributed by atoms with Crippen LogP contribution in [0.3, 0.4) is 0 Å². The summed E-state index contributed by atoms with van der Waals surface area (Å²) >= 11 is 8.34. The van der Waals surface area contributed by atoms with Crippen LogP contribution in [0.1, 0.15) is 62.4 Å². The van der Waals surface area contributed by atoms with Gasteiger partial charge in [-0.3, -0.25) is 4.79 Å². The van der Waals surface area contributed by atoms with E-state index in [0.29, 0.717) is 11.0 Å². The minimum Gasteiger partial charge on any atom is -0.459 e. The minimum absolute atomic E-state index is 0.273. The number of amides is 1. The molecule has 2 N–H and O–H groups in total. The van der Waals surface area contributed by atoms with Crippen molar-refractivity contribution in [2.24, 2.45) is 0 Å². The SMILES string of the molecule is Cc1cc(C)nc(N[C@H](c2ccccc2Cl)c2c(NC(=O)c3ccco3)sc3c2CCCC3)n1. The van der Waals surface area contributed by atoms with Gasteiger partial charge in [0.1, 0.15) is 5.00 Å². The highest BCUT2D eigenvalue weighted by Crippen LogP contribution is 2.45. The number of aryl methyl sites for hydroxylation is 3. The van der Waals surface area contributed by atoms with Gasteiger partial charge in [-0.1, -0.05) is 29.8 Å². The van der Waals surface area contributed by atoms with E-state index in [-0.39, 0.29) is 17.7 Å². The summed E-state index contributed by atoms with van der Waals surface area (Å²) in [4.78, 5) is 23.5. The number of halogens is 1. The average molecular weight is 493 g/mol. The Morgan fingerprint density at radius 3 is 2.59 bits per heavy atom. The number of rotatable bonds is 6. The normalized spacial score (nSPS) is 13.9. The second-order valence-electron chi connectivity index (χ2n) is 8.46. The third-order valence-electron chi connectivity index (χ3n) is 5.94. The fraction of sp³-hybridized carbons (Fsp3) is 0.269. The summed E-state index contributed by atoms with van der Waals surface area (Å²) in [6, 6.07) is 12.8. The quantitative estimate of drug-likeness (QED) is 0.312. The van der Waals surface area contributed by atoms with Gasteiger partial charge in [-0.2, -0.15) is 0 Å². The van der Waals surface area contributed by atoms with E-state index in [2.05, 4.69) is 20.6 Å². The summed E-state index contributed by atoms with van der Waals surface area (Å²) in [6.07, 6.45) is 5.70. The lowest BCUT2D eigenvalue weighted by molar-refractivity contribution is 0.0997. The van der Waals surface area contributed by atoms with Gasteiger partial charge in [-0.15, -0.1) is 11.3 Å². The minimum atomic E-state index is -0.333. The Hall–Kier alpha value is -3.16. The summed E-state index contributed by atoms with van der Waals surface area (Å²) < 4.78 is 5.33. The number of hydrogen-bond donors (Lipinski definition) is 2. The van der Waals surface area contributed by atoms with E-state index in [1.807, 2.05) is 44.2 Å². The standard InChI is InChI=1S/C26H25ClN4O2S/c1-15-14-16(2)29-26(28-15)30-23(17-8-3-5-10-19(17)27)22-18-9-4-6-12-21(18)34-25(22)31-24(32)20-11-7-13-33-20/h3,5,7-8,10-11,13-14,23H,4,6,9,12H2,1-2H3,(H,31,32)(H,28,29,30)/t23-/m1/s1. The average Bonchev–Trinajstić information content (AvgIpc) is 3.46. The molecule has 0 fully saturated rings. The van der Waals surface area contributed by atoms with Crippen LogP contribution < -0.4 is 10.6 Å². The van der Waals surface area contributed by atoms with Crippen LogP contribution >= 0.6 is 22.9 Å². The van der Waals surface area contributed by atoms with Gasteiger partial charge in [0.25, 0.3) is 5.91 Å². The predicted octanol–water partition coefficient (Wildman–Crippen LogP) is 6.73. The van der Waals surface area contributed by atoms with E-state index in [4.69, 9.17) is 16.0 Å². The Kier molecular flexibility index (Phi) is 6.39. The first-order valence-corrected chi connectivity index (χ1v) is 12.5. The highest BCUT2D eigenvalue weighted by molar-refractivity contribution is 7.16. The molecule has 6 nitrogen and oxygen atoms in total. The van der Waals surface area contributed by atoms with Gasteiger partial charge in [0, 0.05) is 26.9 Å². The van der Waals surface area contributed by atoms with Gasteiger partial charge >= 0.3 is 0 Å². The number of carbonyl (C=O) groups is 1. The topological polar surface area (TPSA) is 80.0 Å². The van der Waals surface area contributed by atoms with Crippen molar-refractivity contribution in [2.45, 2.75) is 45.6 Å². The third-order valence-corrected chi connectivity index (χ3v) is 7.51. The van der Waals surface area contributed by atoms with Crippen LogP contribution in [0.5, 0.6) is 0 Å². The molecule has 0 bridgehead atoms. The number of benzene rings is 1. The maximum absolute atomic E-state index is 12.9. The van der Waals surface area contributed by atoms with Crippen molar-refractivity contribution in [3.05, 3.63) is 92.5 Å². The lowest BCUT2D eigenvalue weighted by Gasteiger charge is -2.24. The van der Waals surface area contributed by atoms with Gasteiger partial charge in [0.2, 0.25) is 5.95 Å². The van der Waals surface area contributed by atoms with E-state index in [0.717, 1.165) is 53.2 Å². The second kappa shape index (κ2) is 9.60. The molecule has 1 aliphatic rings. The van der Waals surface area contributed by atoms with Crippen LogP contribution in [0.25, 0.3) is 0 Å². The van der Waals surface area contributed by atoms with Crippen LogP contribution in [-0.2, 0) is 12.8 Å². The first-order valence-electron chi connectivity index (χ1n) is 11.3. The fourth-order valence-electron chi connectivity index (χ4n) is 4.50. The first-order chi connectivity index (χ1) is 16.5. The molecule has 0 spiro atoms. The van der Waals surface area contributed by atoms with Crippen molar-refractivity contribution in [2.75, 3.05) is 10.6 Å². The highest BCUT2D eigenvalue weighted by atomic mass is 35.5. The van der Waals surface area contributed by atoms with Crippen molar-refractivity contribution >= 4 is 39.8 Å². The van der Waals surface area contributed by atoms with E-state index < -0.39 is 0 Å². The van der Waals surface area contributed by atoms with Gasteiger partial charge in [-0.05, 0) is 74.9 Å². The zero-order valence-corrected chi connectivity index (χ0v) is 20.6. The lowest BCUT2D eigenvalue weighted by atomic mass is 9.89. The zero-order chi connectivity index (χ0) is 23.7. The monoisotopic (exact) mass is 492 g/mol. The van der Waals surface area contributed by atoms with Crippen molar-refractivity contribution in [1.29, 1.82) is 0 Å². The predicted molar refractivity (Wildman–Crippen MR) is 136 cm³/mol. The zero-order valence-electron chi connectivity index (χ0n) is 19.0. The number of hydrogen-bond acceptors (Lipinski definition) is 6. The van der Waals surface area contributed by atoms with E-state index in [1.165, 1.54) is 16.7 Å². The fourth-order valence-corrected chi connectivity index (χ4v) is 6.06. The van der Waals surface area contributed by atoms with Gasteiger partial charge in [-0.25, -0.2) is 9.97 Å². The van der Waals surface area contributed by atoms with Crippen LogP contribution in [-0.4, -0.2) is 15.9 Å². The Labute approximate surface area is 207 Å². The molecular formula is C26H25ClN4O2S. The van der Waals surface area contributed by atoms with Crippen molar-refractivity contribution < 1.29 is 9.21 Å². The summed E-state index contributed by atoms with van der Waals surface area (Å²) in [6.45, 7) is 3.90. The Morgan fingerprint density at radius 2 is 1.85 bits per heavy atom. The molecule has 34 heavy (non-hydrogen) atoms. The third kappa shape index (κ3) is 4.58. The maximum Gasteiger partial charge on any atom is 0.291 e. The number of aromatic nitrogens is 2. The number of carbonyl (C=O) groups excluding carboxylic acids is 1. The molecule has 1 aromatic carbocycles. The molecular weight excluding hydrogens is 468 g/mol. The van der Waals surface area contributed by atoms with Crippen LogP contribution in [0.4, 0.5) is 10.9 Å². The number of nitrogens with one attached hydrogen (secondary N) is 2. The number of furan rings is 1. The van der Waals surface area contributed by atoms with E-state index in [1.54, 1.807) is 23.5 Å². The molecule has 3 heterocycles. The smallest absolute Gasteiger partial charge is 0.291 e. The van der Waals surface area contributed by atoms with Gasteiger partial charge < -0.3 is 15.1 Å². The Bertz CT molecular complexity index is 1310. The van der Waals surface area contributed by atoms with E-state index in [9.17, 15) is 4.79 Å². The molecule has 0 radical (unpaired) electrons. The molecule has 8 heteroatoms. The second-order valence-corrected chi connectivity index (χ2v) is 9.97. The molecule has 5 rings (SSSR count). The summed E-state index contributed by atoms with van der Waals surface area (Å²) in [5.41, 5.74) is 4.97. The number of anilines is 2. The Morgan fingerprint density at radius 1 is 1.09 bits per heavy atom. The molecule has 1 atom stereocenters. The lowest BCUT2D eigenvalue weighted by Crippen LogP contribution is -2.20.